The number of carboxylic acid groups (broad SMARTS) is 1. The molecule has 40 heavy (non-hydrogen) atoms. The molecular weight excluding hydrogens is 496 g/mol. The Hall–Kier alpha value is -3.67. The number of H-pyrrole nitrogens is 2. The van der Waals surface area contributed by atoms with Crippen molar-refractivity contribution in [3.8, 4) is 0 Å². The number of nitrogens with one attached hydrogen (secondary N) is 2. The molecule has 6 heteroatoms. The first-order chi connectivity index (χ1) is 19.0. The minimum absolute atomic E-state index is 0.216. The Bertz CT molecular complexity index is 1720. The Morgan fingerprint density at radius 2 is 1.60 bits per heavy atom. The van der Waals surface area contributed by atoms with Crippen LogP contribution in [-0.2, 0) is 6.42 Å². The summed E-state index contributed by atoms with van der Waals surface area (Å²) in [5.74, 6) is -0.136. The summed E-state index contributed by atoms with van der Waals surface area (Å²) < 4.78 is 0. The first-order valence-corrected chi connectivity index (χ1v) is 14.7. The second-order valence-electron chi connectivity index (χ2n) is 11.7. The van der Waals surface area contributed by atoms with Gasteiger partial charge >= 0.3 is 5.97 Å². The average Bonchev–Trinajstić information content (AvgIpc) is 3.57. The molecule has 8 bridgehead atoms. The van der Waals surface area contributed by atoms with Crippen LogP contribution < -0.4 is 0 Å². The molecule has 5 heterocycles. The molecular formula is C34H42N4O2. The summed E-state index contributed by atoms with van der Waals surface area (Å²) in [5, 5.41) is 10.4. The summed E-state index contributed by atoms with van der Waals surface area (Å²) in [5.41, 5.74) is 14.4. The first-order valence-electron chi connectivity index (χ1n) is 14.7. The maximum Gasteiger partial charge on any atom is 0.338 e. The summed E-state index contributed by atoms with van der Waals surface area (Å²) in [6.07, 6.45) is 2.46. The predicted octanol–water partition coefficient (Wildman–Crippen LogP) is 8.95. The second kappa shape index (κ2) is 10.4. The zero-order chi connectivity index (χ0) is 29.0. The van der Waals surface area contributed by atoms with Crippen molar-refractivity contribution in [1.82, 2.24) is 19.9 Å². The topological polar surface area (TPSA) is 94.7 Å². The third-order valence-corrected chi connectivity index (χ3v) is 9.12. The van der Waals surface area contributed by atoms with Crippen LogP contribution in [0, 0.1) is 13.8 Å². The number of carbonyl (C=O) groups is 1. The van der Waals surface area contributed by atoms with E-state index in [2.05, 4.69) is 77.5 Å². The highest BCUT2D eigenvalue weighted by molar-refractivity contribution is 6.02. The molecule has 0 unspecified atom stereocenters. The quantitative estimate of drug-likeness (QED) is 0.302. The summed E-state index contributed by atoms with van der Waals surface area (Å²) in [4.78, 5) is 30.2. The third-order valence-electron chi connectivity index (χ3n) is 9.12. The molecule has 0 aromatic carbocycles. The minimum atomic E-state index is -0.922. The Morgan fingerprint density at radius 3 is 2.20 bits per heavy atom. The predicted molar refractivity (Wildman–Crippen MR) is 165 cm³/mol. The van der Waals surface area contributed by atoms with E-state index >= 15 is 0 Å². The number of aromatic amines is 2. The summed E-state index contributed by atoms with van der Waals surface area (Å²) in [6, 6.07) is 6.43. The van der Waals surface area contributed by atoms with Gasteiger partial charge in [-0.2, -0.15) is 0 Å². The lowest BCUT2D eigenvalue weighted by atomic mass is 9.86. The van der Waals surface area contributed by atoms with Gasteiger partial charge in [0.1, 0.15) is 0 Å². The van der Waals surface area contributed by atoms with E-state index < -0.39 is 5.97 Å². The largest absolute Gasteiger partial charge is 0.478 e. The molecule has 3 aromatic rings. The van der Waals surface area contributed by atoms with E-state index in [1.54, 1.807) is 0 Å². The van der Waals surface area contributed by atoms with Crippen molar-refractivity contribution < 1.29 is 9.90 Å². The van der Waals surface area contributed by atoms with E-state index in [-0.39, 0.29) is 11.8 Å². The van der Waals surface area contributed by atoms with Crippen LogP contribution in [0.4, 0.5) is 0 Å². The molecule has 3 aromatic heterocycles. The summed E-state index contributed by atoms with van der Waals surface area (Å²) in [6.45, 7) is 19.4. The van der Waals surface area contributed by atoms with E-state index in [0.717, 1.165) is 68.9 Å². The molecule has 0 aliphatic carbocycles. The van der Waals surface area contributed by atoms with E-state index in [0.29, 0.717) is 23.4 Å². The first kappa shape index (κ1) is 27.9. The molecule has 2 aliphatic rings. The number of aromatic nitrogens is 4. The fourth-order valence-corrected chi connectivity index (χ4v) is 6.92. The van der Waals surface area contributed by atoms with Gasteiger partial charge in [0.2, 0.25) is 0 Å². The second-order valence-corrected chi connectivity index (χ2v) is 11.7. The lowest BCUT2D eigenvalue weighted by Gasteiger charge is -2.15. The van der Waals surface area contributed by atoms with Crippen LogP contribution in [0.25, 0.3) is 33.2 Å². The number of carboxylic acids is 1. The van der Waals surface area contributed by atoms with Crippen LogP contribution in [0.15, 0.2) is 18.2 Å². The molecule has 210 valence electrons. The number of aryl methyl sites for hydroxylation is 3. The van der Waals surface area contributed by atoms with Gasteiger partial charge in [-0.1, -0.05) is 41.5 Å². The molecule has 0 spiro atoms. The van der Waals surface area contributed by atoms with Gasteiger partial charge < -0.3 is 15.1 Å². The molecule has 0 amide bonds. The van der Waals surface area contributed by atoms with Crippen LogP contribution in [0.3, 0.4) is 0 Å². The van der Waals surface area contributed by atoms with Crippen molar-refractivity contribution in [3.05, 3.63) is 68.8 Å². The maximum absolute atomic E-state index is 12.6. The normalized spacial score (nSPS) is 17.2. The highest BCUT2D eigenvalue weighted by Crippen LogP contribution is 2.42. The van der Waals surface area contributed by atoms with Crippen molar-refractivity contribution in [3.63, 3.8) is 0 Å². The Kier molecular flexibility index (Phi) is 7.24. The monoisotopic (exact) mass is 538 g/mol. The lowest BCUT2D eigenvalue weighted by molar-refractivity contribution is 0.0698. The van der Waals surface area contributed by atoms with Crippen LogP contribution >= 0.6 is 0 Å². The third kappa shape index (κ3) is 4.29. The molecule has 6 nitrogen and oxygen atoms in total. The fourth-order valence-electron chi connectivity index (χ4n) is 6.92. The van der Waals surface area contributed by atoms with E-state index in [1.165, 1.54) is 16.7 Å². The number of hydrogen-bond donors (Lipinski definition) is 3. The van der Waals surface area contributed by atoms with Crippen molar-refractivity contribution in [2.75, 3.05) is 0 Å². The molecule has 2 atom stereocenters. The zero-order valence-electron chi connectivity index (χ0n) is 25.3. The van der Waals surface area contributed by atoms with E-state index in [4.69, 9.17) is 9.97 Å². The van der Waals surface area contributed by atoms with Gasteiger partial charge in [-0.15, -0.1) is 0 Å². The standard InChI is InChI=1S/C34H42N4O2/c1-10-21-17(6)24-15-29-30(16(4)5)19(8)26(36-29)13-25-18(7)22(11-2)32(37-25)23(12-3)33-31(34(39)40)20(9)27(38-33)14-28(21)35-24/h13-16,18,22,36,38H,10-12H2,1-9H3,(H,39,40)/t18-,22-/m0/s1. The van der Waals surface area contributed by atoms with Gasteiger partial charge in [0.15, 0.2) is 0 Å². The van der Waals surface area contributed by atoms with Crippen LogP contribution in [0.1, 0.15) is 134 Å². The van der Waals surface area contributed by atoms with Crippen LogP contribution in [0.2, 0.25) is 0 Å². The van der Waals surface area contributed by atoms with Gasteiger partial charge in [0, 0.05) is 39.8 Å². The minimum Gasteiger partial charge on any atom is -0.478 e. The molecule has 3 N–H and O–H groups in total. The van der Waals surface area contributed by atoms with Crippen molar-refractivity contribution in [1.29, 1.82) is 0 Å². The highest BCUT2D eigenvalue weighted by atomic mass is 16.4. The SMILES string of the molecule is CCC1=C(C)c2cc3[nH]c(cc4nc(c(CC)c5[nH]c(cc1n2)c(C)c5C(=O)O)[C@@H](CC)[C@@H]4C)c(C)c3C(C)C. The lowest BCUT2D eigenvalue weighted by Crippen LogP contribution is -2.05. The average molecular weight is 539 g/mol. The van der Waals surface area contributed by atoms with Gasteiger partial charge in [0.25, 0.3) is 0 Å². The highest BCUT2D eigenvalue weighted by Gasteiger charge is 2.31. The molecule has 0 fully saturated rings. The maximum atomic E-state index is 12.6. The smallest absolute Gasteiger partial charge is 0.338 e. The number of nitrogens with zero attached hydrogens (tertiary/aromatic N) is 2. The summed E-state index contributed by atoms with van der Waals surface area (Å²) in [7, 11) is 0. The molecule has 0 saturated carbocycles. The van der Waals surface area contributed by atoms with Crippen molar-refractivity contribution >= 4 is 39.2 Å². The fraction of sp³-hybridized carbons (Fsp3) is 0.441. The van der Waals surface area contributed by atoms with E-state index in [9.17, 15) is 9.90 Å². The van der Waals surface area contributed by atoms with Crippen LogP contribution in [-0.4, -0.2) is 31.0 Å². The molecule has 0 radical (unpaired) electrons. The van der Waals surface area contributed by atoms with Gasteiger partial charge in [-0.25, -0.2) is 9.78 Å². The van der Waals surface area contributed by atoms with Gasteiger partial charge in [0.05, 0.1) is 22.5 Å². The van der Waals surface area contributed by atoms with Crippen LogP contribution in [0.5, 0.6) is 0 Å². The zero-order valence-corrected chi connectivity index (χ0v) is 25.3. The van der Waals surface area contributed by atoms with E-state index in [1.807, 2.05) is 13.0 Å². The number of fused-ring (bicyclic) bond motifs is 8. The Balaban J connectivity index is 2.06. The van der Waals surface area contributed by atoms with Crippen molar-refractivity contribution in [2.45, 2.75) is 99.3 Å². The Morgan fingerprint density at radius 1 is 0.925 bits per heavy atom. The Labute approximate surface area is 237 Å². The van der Waals surface area contributed by atoms with Gasteiger partial charge in [-0.05, 0) is 97.6 Å². The number of hydrogen-bond acceptors (Lipinski definition) is 3. The number of rotatable bonds is 5. The molecule has 5 rings (SSSR count). The number of allylic oxidation sites excluding steroid dienone is 2. The number of aromatic carboxylic acids is 1. The molecule has 2 aliphatic heterocycles. The molecule has 0 saturated heterocycles. The van der Waals surface area contributed by atoms with Gasteiger partial charge in [-0.3, -0.25) is 4.98 Å². The summed E-state index contributed by atoms with van der Waals surface area (Å²) >= 11 is 0. The van der Waals surface area contributed by atoms with Crippen molar-refractivity contribution in [2.24, 2.45) is 0 Å².